The third-order valence-corrected chi connectivity index (χ3v) is 12.7. The number of unbranched alkanes of at least 4 members (excludes halogenated alkanes) is 27. The van der Waals surface area contributed by atoms with Crippen molar-refractivity contribution in [1.29, 1.82) is 0 Å². The lowest BCUT2D eigenvalue weighted by molar-refractivity contribution is -0.302. The zero-order chi connectivity index (χ0) is 46.6. The minimum Gasteiger partial charge on any atom is -0.394 e. The maximum Gasteiger partial charge on any atom is 0.220 e. The molecule has 0 aromatic heterocycles. The molecule has 1 aliphatic heterocycles. The molecule has 7 atom stereocenters. The first kappa shape index (κ1) is 60.2. The fourth-order valence-corrected chi connectivity index (χ4v) is 8.45. The summed E-state index contributed by atoms with van der Waals surface area (Å²) < 4.78 is 11.3. The zero-order valence-electron chi connectivity index (χ0n) is 41.3. The van der Waals surface area contributed by atoms with E-state index in [1.54, 1.807) is 0 Å². The van der Waals surface area contributed by atoms with Crippen LogP contribution in [0.15, 0.2) is 48.6 Å². The van der Waals surface area contributed by atoms with E-state index >= 15 is 0 Å². The maximum absolute atomic E-state index is 13.0. The van der Waals surface area contributed by atoms with Gasteiger partial charge in [0.1, 0.15) is 24.4 Å². The van der Waals surface area contributed by atoms with Crippen LogP contribution in [0.3, 0.4) is 0 Å². The lowest BCUT2D eigenvalue weighted by Gasteiger charge is -2.40. The van der Waals surface area contributed by atoms with Crippen LogP contribution in [0, 0.1) is 0 Å². The van der Waals surface area contributed by atoms with Crippen molar-refractivity contribution in [3.8, 4) is 0 Å². The molecule has 374 valence electrons. The lowest BCUT2D eigenvalue weighted by Crippen LogP contribution is -2.60. The van der Waals surface area contributed by atoms with E-state index in [2.05, 4.69) is 67.8 Å². The number of nitrogens with one attached hydrogen (secondary N) is 1. The van der Waals surface area contributed by atoms with Crippen LogP contribution in [0.2, 0.25) is 0 Å². The second-order valence-corrected chi connectivity index (χ2v) is 18.6. The quantitative estimate of drug-likeness (QED) is 0.0261. The van der Waals surface area contributed by atoms with E-state index in [1.807, 2.05) is 0 Å². The number of hydrogen-bond donors (Lipinski definition) is 6. The monoisotopic (exact) mass is 904 g/mol. The molecule has 1 saturated heterocycles. The number of rotatable bonds is 45. The molecule has 0 bridgehead atoms. The molecule has 0 aromatic carbocycles. The van der Waals surface area contributed by atoms with Gasteiger partial charge < -0.3 is 40.3 Å². The molecule has 6 N–H and O–H groups in total. The Hall–Kier alpha value is -1.85. The minimum atomic E-state index is -1.55. The highest BCUT2D eigenvalue weighted by Crippen LogP contribution is 2.23. The first-order valence-corrected chi connectivity index (χ1v) is 26.8. The Kier molecular flexibility index (Phi) is 42.3. The van der Waals surface area contributed by atoms with Crippen LogP contribution in [0.1, 0.15) is 239 Å². The van der Waals surface area contributed by atoms with Crippen LogP contribution >= 0.6 is 0 Å². The molecule has 1 fully saturated rings. The summed E-state index contributed by atoms with van der Waals surface area (Å²) in [5.41, 5.74) is 0. The Morgan fingerprint density at radius 2 is 0.969 bits per heavy atom. The average molecular weight is 904 g/mol. The standard InChI is InChI=1S/C55H101NO8/c1-3-5-7-9-11-13-15-17-19-21-22-23-24-25-26-27-28-29-31-33-35-37-39-41-43-45-51(59)56-48(47-63-55-54(62)53(61)52(60)50(46-57)64-55)49(58)44-42-40-38-36-34-32-30-20-18-16-14-12-10-8-6-4-2/h5,7,11,13,17,19,22-23,48-50,52-55,57-58,60-62H,3-4,6,8-10,12,14-16,18,20-21,24-47H2,1-2H3,(H,56,59)/b7-5-,13-11-,19-17-,23-22-. The number of ether oxygens (including phenoxy) is 2. The van der Waals surface area contributed by atoms with Crippen LogP contribution < -0.4 is 5.32 Å². The molecule has 1 rings (SSSR count). The van der Waals surface area contributed by atoms with Crippen molar-refractivity contribution in [3.63, 3.8) is 0 Å². The largest absolute Gasteiger partial charge is 0.394 e. The molecule has 9 nitrogen and oxygen atoms in total. The van der Waals surface area contributed by atoms with Gasteiger partial charge in [-0.05, 0) is 51.4 Å². The number of aliphatic hydroxyl groups is 5. The Balaban J connectivity index is 2.22. The average Bonchev–Trinajstić information content (AvgIpc) is 3.29. The third-order valence-electron chi connectivity index (χ3n) is 12.7. The van der Waals surface area contributed by atoms with Gasteiger partial charge in [0.25, 0.3) is 0 Å². The van der Waals surface area contributed by atoms with Gasteiger partial charge in [-0.2, -0.15) is 0 Å². The number of hydrogen-bond acceptors (Lipinski definition) is 8. The summed E-state index contributed by atoms with van der Waals surface area (Å²) in [4.78, 5) is 13.0. The highest BCUT2D eigenvalue weighted by atomic mass is 16.7. The Morgan fingerprint density at radius 3 is 1.44 bits per heavy atom. The SMILES string of the molecule is CC/C=C\C/C=C\C/C=C\C/C=C\CCCCCCCCCCCCCCC(=O)NC(COC1OC(CO)C(O)C(O)C1O)C(O)CCCCCCCCCCCCCCCCCC. The Bertz CT molecular complexity index is 1140. The molecular weight excluding hydrogens is 803 g/mol. The molecule has 0 spiro atoms. The normalized spacial score (nSPS) is 20.4. The summed E-state index contributed by atoms with van der Waals surface area (Å²) >= 11 is 0. The van der Waals surface area contributed by atoms with Crippen molar-refractivity contribution >= 4 is 5.91 Å². The molecule has 0 saturated carbocycles. The molecule has 1 heterocycles. The fourth-order valence-electron chi connectivity index (χ4n) is 8.45. The molecule has 7 unspecified atom stereocenters. The lowest BCUT2D eigenvalue weighted by atomic mass is 9.99. The third kappa shape index (κ3) is 34.5. The maximum atomic E-state index is 13.0. The summed E-state index contributed by atoms with van der Waals surface area (Å²) in [5.74, 6) is -0.146. The molecular formula is C55H101NO8. The Morgan fingerprint density at radius 1 is 0.547 bits per heavy atom. The van der Waals surface area contributed by atoms with Crippen molar-refractivity contribution in [2.45, 2.75) is 281 Å². The predicted molar refractivity (Wildman–Crippen MR) is 267 cm³/mol. The van der Waals surface area contributed by atoms with Crippen LogP contribution in [-0.4, -0.2) is 87.5 Å². The second-order valence-electron chi connectivity index (χ2n) is 18.6. The van der Waals surface area contributed by atoms with Crippen molar-refractivity contribution in [2.75, 3.05) is 13.2 Å². The summed E-state index contributed by atoms with van der Waals surface area (Å²) in [6.07, 6.45) is 51.2. The Labute approximate surface area is 393 Å². The topological polar surface area (TPSA) is 149 Å². The number of carbonyl (C=O) groups is 1. The molecule has 0 radical (unpaired) electrons. The van der Waals surface area contributed by atoms with Gasteiger partial charge in [0.05, 0.1) is 25.4 Å². The van der Waals surface area contributed by atoms with Gasteiger partial charge in [-0.1, -0.05) is 229 Å². The molecule has 1 amide bonds. The highest BCUT2D eigenvalue weighted by Gasteiger charge is 2.44. The van der Waals surface area contributed by atoms with Crippen molar-refractivity contribution in [2.24, 2.45) is 0 Å². The van der Waals surface area contributed by atoms with Gasteiger partial charge in [0, 0.05) is 6.42 Å². The van der Waals surface area contributed by atoms with Crippen LogP contribution in [-0.2, 0) is 14.3 Å². The minimum absolute atomic E-state index is 0.138. The summed E-state index contributed by atoms with van der Waals surface area (Å²) in [6.45, 7) is 3.74. The zero-order valence-corrected chi connectivity index (χ0v) is 41.3. The van der Waals surface area contributed by atoms with Gasteiger partial charge >= 0.3 is 0 Å². The second kappa shape index (κ2) is 45.0. The molecule has 0 aliphatic carbocycles. The number of carbonyl (C=O) groups excluding carboxylic acids is 1. The first-order chi connectivity index (χ1) is 31.3. The van der Waals surface area contributed by atoms with Crippen molar-refractivity contribution in [3.05, 3.63) is 48.6 Å². The van der Waals surface area contributed by atoms with Gasteiger partial charge in [0.15, 0.2) is 6.29 Å². The van der Waals surface area contributed by atoms with Gasteiger partial charge in [-0.3, -0.25) is 4.79 Å². The molecule has 0 aromatic rings. The first-order valence-electron chi connectivity index (χ1n) is 26.8. The summed E-state index contributed by atoms with van der Waals surface area (Å²) in [6, 6.07) is -0.721. The van der Waals surface area contributed by atoms with Gasteiger partial charge in [-0.15, -0.1) is 0 Å². The molecule has 1 aliphatic rings. The smallest absolute Gasteiger partial charge is 0.220 e. The summed E-state index contributed by atoms with van der Waals surface area (Å²) in [5, 5.41) is 54.6. The molecule has 9 heteroatoms. The van der Waals surface area contributed by atoms with E-state index in [4.69, 9.17) is 9.47 Å². The summed E-state index contributed by atoms with van der Waals surface area (Å²) in [7, 11) is 0. The van der Waals surface area contributed by atoms with E-state index < -0.39 is 49.5 Å². The van der Waals surface area contributed by atoms with Crippen molar-refractivity contribution in [1.82, 2.24) is 5.32 Å². The van der Waals surface area contributed by atoms with Crippen LogP contribution in [0.5, 0.6) is 0 Å². The van der Waals surface area contributed by atoms with Crippen LogP contribution in [0.25, 0.3) is 0 Å². The molecule has 64 heavy (non-hydrogen) atoms. The van der Waals surface area contributed by atoms with Gasteiger partial charge in [0.2, 0.25) is 5.91 Å². The van der Waals surface area contributed by atoms with E-state index in [-0.39, 0.29) is 12.5 Å². The predicted octanol–water partition coefficient (Wildman–Crippen LogP) is 12.6. The van der Waals surface area contributed by atoms with E-state index in [1.165, 1.54) is 148 Å². The van der Waals surface area contributed by atoms with E-state index in [0.717, 1.165) is 64.2 Å². The van der Waals surface area contributed by atoms with Crippen LogP contribution in [0.4, 0.5) is 0 Å². The number of aliphatic hydroxyl groups excluding tert-OH is 5. The number of amides is 1. The van der Waals surface area contributed by atoms with Crippen molar-refractivity contribution < 1.29 is 39.8 Å². The van der Waals surface area contributed by atoms with E-state index in [0.29, 0.717) is 12.8 Å². The highest BCUT2D eigenvalue weighted by molar-refractivity contribution is 5.76. The van der Waals surface area contributed by atoms with E-state index in [9.17, 15) is 30.3 Å². The fraction of sp³-hybridized carbons (Fsp3) is 0.836. The number of allylic oxidation sites excluding steroid dienone is 8. The van der Waals surface area contributed by atoms with Gasteiger partial charge in [-0.25, -0.2) is 0 Å².